The molecule has 0 fully saturated rings. The number of phenolic OH excluding ortho intramolecular Hbond substituents is 1. The monoisotopic (exact) mass is 414 g/mol. The van der Waals surface area contributed by atoms with E-state index in [0.717, 1.165) is 34.9 Å². The van der Waals surface area contributed by atoms with Crippen LogP contribution in [-0.4, -0.2) is 26.5 Å². The number of benzene rings is 2. The number of methoxy groups -OCH3 is 1. The summed E-state index contributed by atoms with van der Waals surface area (Å²) < 4.78 is 11.6. The van der Waals surface area contributed by atoms with Gasteiger partial charge >= 0.3 is 0 Å². The first-order chi connectivity index (χ1) is 13.2. The maximum atomic E-state index is 10.9. The molecule has 3 nitrogen and oxygen atoms in total. The molecule has 0 aliphatic carbocycles. The average Bonchev–Trinajstić information content (AvgIpc) is 2.59. The van der Waals surface area contributed by atoms with Crippen LogP contribution in [-0.2, 0) is 16.9 Å². The summed E-state index contributed by atoms with van der Waals surface area (Å²) in [4.78, 5) is 0. The summed E-state index contributed by atoms with van der Waals surface area (Å²) in [6.07, 6.45) is 0.733. The first-order valence-corrected chi connectivity index (χ1v) is 13.8. The van der Waals surface area contributed by atoms with E-state index in [1.54, 1.807) is 7.11 Å². The van der Waals surface area contributed by atoms with Crippen molar-refractivity contribution in [2.75, 3.05) is 13.3 Å². The zero-order chi connectivity index (χ0) is 22.0. The molecule has 0 atom stereocenters. The normalized spacial score (nSPS) is 12.7. The van der Waals surface area contributed by atoms with Crippen molar-refractivity contribution in [3.8, 4) is 17.2 Å². The number of hydrogen-bond donors (Lipinski definition) is 1. The lowest BCUT2D eigenvalue weighted by Crippen LogP contribution is -2.37. The van der Waals surface area contributed by atoms with Crippen LogP contribution in [0.3, 0.4) is 0 Å². The summed E-state index contributed by atoms with van der Waals surface area (Å²) in [5.41, 5.74) is 2.89. The second-order valence-electron chi connectivity index (χ2n) is 10.8. The summed E-state index contributed by atoms with van der Waals surface area (Å²) in [6.45, 7) is 17.5. The SMILES string of the molecule is COc1ccc(C[Si](C)(C)COc2cc(C(C)(C)C)c(O)c(C(C)(C)C)c2)cc1. The van der Waals surface area contributed by atoms with E-state index in [1.807, 2.05) is 24.3 Å². The molecule has 1 N–H and O–H groups in total. The van der Waals surface area contributed by atoms with E-state index in [0.29, 0.717) is 5.75 Å². The van der Waals surface area contributed by atoms with Gasteiger partial charge in [0.05, 0.1) is 21.4 Å². The van der Waals surface area contributed by atoms with E-state index in [4.69, 9.17) is 9.47 Å². The Hall–Kier alpha value is -1.94. The predicted molar refractivity (Wildman–Crippen MR) is 125 cm³/mol. The van der Waals surface area contributed by atoms with Gasteiger partial charge in [-0.1, -0.05) is 72.3 Å². The second-order valence-corrected chi connectivity index (χ2v) is 15.8. The van der Waals surface area contributed by atoms with Crippen LogP contribution >= 0.6 is 0 Å². The minimum absolute atomic E-state index is 0.153. The zero-order valence-corrected chi connectivity index (χ0v) is 20.6. The van der Waals surface area contributed by atoms with Crippen LogP contribution in [0.25, 0.3) is 0 Å². The molecule has 2 rings (SSSR count). The van der Waals surface area contributed by atoms with Gasteiger partial charge in [-0.2, -0.15) is 0 Å². The predicted octanol–water partition coefficient (Wildman–Crippen LogP) is 6.40. The fourth-order valence-corrected chi connectivity index (χ4v) is 5.46. The Labute approximate surface area is 178 Å². The van der Waals surface area contributed by atoms with Gasteiger partial charge in [-0.25, -0.2) is 0 Å². The molecule has 160 valence electrons. The van der Waals surface area contributed by atoms with Crippen LogP contribution in [0.15, 0.2) is 36.4 Å². The Kier molecular flexibility index (Phi) is 6.78. The molecule has 4 heteroatoms. The first kappa shape index (κ1) is 23.3. The summed E-state index contributed by atoms with van der Waals surface area (Å²) in [6, 6.07) is 13.4. The van der Waals surface area contributed by atoms with E-state index in [2.05, 4.69) is 66.8 Å². The van der Waals surface area contributed by atoms with Crippen LogP contribution < -0.4 is 9.47 Å². The fourth-order valence-electron chi connectivity index (χ4n) is 3.46. The molecular weight excluding hydrogens is 376 g/mol. The molecule has 0 aliphatic rings. The summed E-state index contributed by atoms with van der Waals surface area (Å²) in [7, 11) is 0.0712. The van der Waals surface area contributed by atoms with Crippen molar-refractivity contribution in [3.05, 3.63) is 53.1 Å². The van der Waals surface area contributed by atoms with E-state index in [9.17, 15) is 5.11 Å². The molecule has 0 radical (unpaired) electrons. The summed E-state index contributed by atoms with van der Waals surface area (Å²) in [5, 5.41) is 10.9. The molecule has 2 aromatic rings. The van der Waals surface area contributed by atoms with E-state index < -0.39 is 8.07 Å². The van der Waals surface area contributed by atoms with E-state index >= 15 is 0 Å². The van der Waals surface area contributed by atoms with Gasteiger partial charge in [0.25, 0.3) is 0 Å². The molecule has 0 saturated heterocycles. The van der Waals surface area contributed by atoms with Gasteiger partial charge in [-0.15, -0.1) is 0 Å². The van der Waals surface area contributed by atoms with Crippen LogP contribution in [0.4, 0.5) is 0 Å². The smallest absolute Gasteiger partial charge is 0.123 e. The molecule has 0 unspecified atom stereocenters. The molecule has 0 saturated carbocycles. The average molecular weight is 415 g/mol. The second kappa shape index (κ2) is 8.43. The van der Waals surface area contributed by atoms with Crippen molar-refractivity contribution in [3.63, 3.8) is 0 Å². The van der Waals surface area contributed by atoms with Crippen LogP contribution in [0.2, 0.25) is 13.1 Å². The Morgan fingerprint density at radius 2 is 1.31 bits per heavy atom. The maximum absolute atomic E-state index is 10.9. The molecule has 2 aromatic carbocycles. The quantitative estimate of drug-likeness (QED) is 0.556. The highest BCUT2D eigenvalue weighted by Gasteiger charge is 2.28. The van der Waals surface area contributed by atoms with E-state index in [-0.39, 0.29) is 10.8 Å². The molecule has 0 heterocycles. The Morgan fingerprint density at radius 3 is 1.72 bits per heavy atom. The van der Waals surface area contributed by atoms with Crippen molar-refractivity contribution in [2.24, 2.45) is 0 Å². The third-order valence-corrected chi connectivity index (χ3v) is 7.46. The number of rotatable bonds is 6. The highest BCUT2D eigenvalue weighted by molar-refractivity contribution is 6.76. The van der Waals surface area contributed by atoms with Gasteiger partial charge in [0.1, 0.15) is 17.2 Å². The Balaban J connectivity index is 2.23. The zero-order valence-electron chi connectivity index (χ0n) is 19.6. The van der Waals surface area contributed by atoms with Crippen LogP contribution in [0, 0.1) is 0 Å². The largest absolute Gasteiger partial charge is 0.507 e. The standard InChI is InChI=1S/C25H38O3Si/c1-24(2,3)21-14-20(15-22(23(21)26)25(4,5)6)28-17-29(8,9)16-18-10-12-19(27-7)13-11-18/h10-15,26H,16-17H2,1-9H3. The minimum atomic E-state index is -1.62. The lowest BCUT2D eigenvalue weighted by molar-refractivity contribution is 0.367. The third-order valence-electron chi connectivity index (χ3n) is 5.17. The van der Waals surface area contributed by atoms with Gasteiger partial charge in [0.15, 0.2) is 0 Å². The molecule has 29 heavy (non-hydrogen) atoms. The minimum Gasteiger partial charge on any atom is -0.507 e. The maximum Gasteiger partial charge on any atom is 0.123 e. The van der Waals surface area contributed by atoms with Gasteiger partial charge in [0.2, 0.25) is 0 Å². The fraction of sp³-hybridized carbons (Fsp3) is 0.520. The van der Waals surface area contributed by atoms with Gasteiger partial charge in [-0.05, 0) is 41.1 Å². The van der Waals surface area contributed by atoms with Gasteiger partial charge in [-0.3, -0.25) is 0 Å². The van der Waals surface area contributed by atoms with Gasteiger partial charge in [0, 0.05) is 11.1 Å². The Bertz CT molecular complexity index is 790. The number of ether oxygens (including phenoxy) is 2. The van der Waals surface area contributed by atoms with Crippen molar-refractivity contribution in [1.82, 2.24) is 0 Å². The van der Waals surface area contributed by atoms with Crippen molar-refractivity contribution >= 4 is 8.07 Å². The third kappa shape index (κ3) is 6.27. The summed E-state index contributed by atoms with van der Waals surface area (Å²) in [5.74, 6) is 2.14. The molecule has 0 spiro atoms. The molecule has 0 bridgehead atoms. The molecule has 0 aromatic heterocycles. The van der Waals surface area contributed by atoms with Crippen molar-refractivity contribution in [1.29, 1.82) is 0 Å². The van der Waals surface area contributed by atoms with Crippen molar-refractivity contribution in [2.45, 2.75) is 71.5 Å². The van der Waals surface area contributed by atoms with Crippen LogP contribution in [0.1, 0.15) is 58.2 Å². The topological polar surface area (TPSA) is 38.7 Å². The Morgan fingerprint density at radius 1 is 0.828 bits per heavy atom. The highest BCUT2D eigenvalue weighted by atomic mass is 28.3. The lowest BCUT2D eigenvalue weighted by Gasteiger charge is -2.29. The molecular formula is C25H38O3Si. The molecule has 0 aliphatic heterocycles. The van der Waals surface area contributed by atoms with Crippen molar-refractivity contribution < 1.29 is 14.6 Å². The number of aromatic hydroxyl groups is 1. The number of hydrogen-bond acceptors (Lipinski definition) is 3. The highest BCUT2D eigenvalue weighted by Crippen LogP contribution is 2.41. The molecule has 0 amide bonds. The summed E-state index contributed by atoms with van der Waals surface area (Å²) >= 11 is 0. The van der Waals surface area contributed by atoms with Gasteiger partial charge < -0.3 is 14.6 Å². The lowest BCUT2D eigenvalue weighted by atomic mass is 9.79. The van der Waals surface area contributed by atoms with Crippen LogP contribution in [0.5, 0.6) is 17.2 Å². The first-order valence-electron chi connectivity index (χ1n) is 10.4. The number of phenols is 1. The van der Waals surface area contributed by atoms with E-state index in [1.165, 1.54) is 5.56 Å².